The first kappa shape index (κ1) is 12.1. The van der Waals surface area contributed by atoms with Crippen molar-refractivity contribution in [3.05, 3.63) is 71.3 Å². The Morgan fingerprint density at radius 3 is 2.11 bits per heavy atom. The van der Waals surface area contributed by atoms with Gasteiger partial charge >= 0.3 is 6.41 Å². The van der Waals surface area contributed by atoms with Crippen LogP contribution in [0.1, 0.15) is 16.7 Å². The standard InChI is InChI=1S/C16H14NO/c18-13-17-12-16-10-8-15(9-11-16)7-6-14-4-2-1-3-5-14/h1-11H,12H2,(H,17,18)/b7-6+. The zero-order valence-electron chi connectivity index (χ0n) is 9.97. The van der Waals surface area contributed by atoms with Crippen molar-refractivity contribution >= 4 is 18.6 Å². The first-order chi connectivity index (χ1) is 8.88. The van der Waals surface area contributed by atoms with Gasteiger partial charge in [0, 0.05) is 6.54 Å². The van der Waals surface area contributed by atoms with Gasteiger partial charge in [0.1, 0.15) is 0 Å². The Bertz CT molecular complexity index is 515. The summed E-state index contributed by atoms with van der Waals surface area (Å²) in [5.74, 6) is 0. The highest BCUT2D eigenvalue weighted by Gasteiger charge is 1.92. The predicted molar refractivity (Wildman–Crippen MR) is 74.3 cm³/mol. The second-order valence-corrected chi connectivity index (χ2v) is 3.94. The minimum atomic E-state index is 0.520. The highest BCUT2D eigenvalue weighted by molar-refractivity contribution is 5.69. The van der Waals surface area contributed by atoms with Crippen LogP contribution in [-0.2, 0) is 11.3 Å². The molecule has 0 aromatic heterocycles. The Morgan fingerprint density at radius 1 is 0.889 bits per heavy atom. The minimum Gasteiger partial charge on any atom is -0.344 e. The Morgan fingerprint density at radius 2 is 1.50 bits per heavy atom. The molecule has 0 fully saturated rings. The van der Waals surface area contributed by atoms with Crippen LogP contribution in [0.25, 0.3) is 12.2 Å². The molecule has 0 saturated heterocycles. The van der Waals surface area contributed by atoms with E-state index in [9.17, 15) is 4.79 Å². The Labute approximate surface area is 107 Å². The van der Waals surface area contributed by atoms with E-state index in [0.717, 1.165) is 11.1 Å². The van der Waals surface area contributed by atoms with E-state index in [2.05, 4.69) is 29.6 Å². The van der Waals surface area contributed by atoms with Crippen molar-refractivity contribution in [1.82, 2.24) is 5.32 Å². The molecule has 2 heteroatoms. The molecule has 2 rings (SSSR count). The lowest BCUT2D eigenvalue weighted by molar-refractivity contribution is 0.542. The van der Waals surface area contributed by atoms with Gasteiger partial charge in [-0.2, -0.15) is 0 Å². The number of rotatable bonds is 5. The lowest BCUT2D eigenvalue weighted by atomic mass is 10.1. The van der Waals surface area contributed by atoms with Crippen LogP contribution in [0, 0.1) is 0 Å². The molecule has 18 heavy (non-hydrogen) atoms. The van der Waals surface area contributed by atoms with E-state index >= 15 is 0 Å². The van der Waals surface area contributed by atoms with Gasteiger partial charge in [-0.1, -0.05) is 66.7 Å². The van der Waals surface area contributed by atoms with E-state index < -0.39 is 0 Å². The summed E-state index contributed by atoms with van der Waals surface area (Å²) in [5, 5.41) is 2.52. The maximum Gasteiger partial charge on any atom is 0.309 e. The van der Waals surface area contributed by atoms with Crippen LogP contribution in [0.4, 0.5) is 0 Å². The number of amides is 1. The van der Waals surface area contributed by atoms with Crippen LogP contribution < -0.4 is 5.32 Å². The summed E-state index contributed by atoms with van der Waals surface area (Å²) in [6.45, 7) is 0.520. The number of hydrogen-bond donors (Lipinski definition) is 1. The van der Waals surface area contributed by atoms with Gasteiger partial charge in [0.05, 0.1) is 0 Å². The summed E-state index contributed by atoms with van der Waals surface area (Å²) >= 11 is 0. The molecule has 2 aromatic carbocycles. The number of nitrogens with one attached hydrogen (secondary N) is 1. The minimum absolute atomic E-state index is 0.520. The van der Waals surface area contributed by atoms with Crippen molar-refractivity contribution in [3.8, 4) is 0 Å². The molecule has 0 heterocycles. The summed E-state index contributed by atoms with van der Waals surface area (Å²) in [6.07, 6.45) is 5.81. The van der Waals surface area contributed by atoms with Crippen LogP contribution in [0.15, 0.2) is 54.6 Å². The van der Waals surface area contributed by atoms with Crippen molar-refractivity contribution < 1.29 is 4.79 Å². The molecule has 0 atom stereocenters. The lowest BCUT2D eigenvalue weighted by Crippen LogP contribution is -2.09. The predicted octanol–water partition coefficient (Wildman–Crippen LogP) is 3.01. The molecule has 0 aliphatic rings. The maximum absolute atomic E-state index is 10.1. The highest BCUT2D eigenvalue weighted by atomic mass is 16.1. The molecular weight excluding hydrogens is 222 g/mol. The normalized spacial score (nSPS) is 10.4. The van der Waals surface area contributed by atoms with Crippen molar-refractivity contribution in [1.29, 1.82) is 0 Å². The molecule has 0 aliphatic carbocycles. The molecule has 89 valence electrons. The van der Waals surface area contributed by atoms with Gasteiger partial charge in [-0.15, -0.1) is 0 Å². The van der Waals surface area contributed by atoms with E-state index in [4.69, 9.17) is 0 Å². The van der Waals surface area contributed by atoms with E-state index in [1.807, 2.05) is 42.5 Å². The Balaban J connectivity index is 2.02. The van der Waals surface area contributed by atoms with E-state index in [1.54, 1.807) is 6.41 Å². The molecule has 1 amide bonds. The third-order valence-corrected chi connectivity index (χ3v) is 2.61. The third-order valence-electron chi connectivity index (χ3n) is 2.61. The van der Waals surface area contributed by atoms with Gasteiger partial charge in [0.15, 0.2) is 0 Å². The van der Waals surface area contributed by atoms with Crippen LogP contribution in [0.5, 0.6) is 0 Å². The molecule has 0 aliphatic heterocycles. The molecule has 0 unspecified atom stereocenters. The van der Waals surface area contributed by atoms with E-state index in [1.165, 1.54) is 5.56 Å². The summed E-state index contributed by atoms with van der Waals surface area (Å²) < 4.78 is 0. The number of hydrogen-bond acceptors (Lipinski definition) is 1. The van der Waals surface area contributed by atoms with E-state index in [-0.39, 0.29) is 0 Å². The molecule has 0 bridgehead atoms. The molecule has 0 spiro atoms. The maximum atomic E-state index is 10.1. The summed E-state index contributed by atoms with van der Waals surface area (Å²) in [4.78, 5) is 10.1. The quantitative estimate of drug-likeness (QED) is 0.627. The first-order valence-electron chi connectivity index (χ1n) is 5.80. The summed E-state index contributed by atoms with van der Waals surface area (Å²) in [6, 6.07) is 18.2. The first-order valence-corrected chi connectivity index (χ1v) is 5.80. The molecule has 2 nitrogen and oxygen atoms in total. The van der Waals surface area contributed by atoms with Crippen molar-refractivity contribution in [2.45, 2.75) is 6.54 Å². The van der Waals surface area contributed by atoms with Crippen molar-refractivity contribution in [2.24, 2.45) is 0 Å². The number of benzene rings is 2. The molecule has 2 aromatic rings. The van der Waals surface area contributed by atoms with Crippen LogP contribution in [-0.4, -0.2) is 6.41 Å². The van der Waals surface area contributed by atoms with Gasteiger partial charge in [-0.05, 0) is 16.7 Å². The van der Waals surface area contributed by atoms with Crippen LogP contribution in [0.2, 0.25) is 0 Å². The van der Waals surface area contributed by atoms with Gasteiger partial charge in [0.2, 0.25) is 0 Å². The number of carbonyl (C=O) groups excluding carboxylic acids is 1. The van der Waals surface area contributed by atoms with Crippen LogP contribution in [0.3, 0.4) is 0 Å². The molecule has 1 radical (unpaired) electrons. The monoisotopic (exact) mass is 236 g/mol. The van der Waals surface area contributed by atoms with Gasteiger partial charge in [0.25, 0.3) is 0 Å². The molecule has 1 N–H and O–H groups in total. The second-order valence-electron chi connectivity index (χ2n) is 3.94. The SMILES string of the molecule is O=[C]NCc1ccc(/C=C/c2ccccc2)cc1. The largest absolute Gasteiger partial charge is 0.344 e. The summed E-state index contributed by atoms with van der Waals surface area (Å²) in [5.41, 5.74) is 3.38. The fourth-order valence-corrected chi connectivity index (χ4v) is 1.64. The molecular formula is C16H14NO. The van der Waals surface area contributed by atoms with Crippen molar-refractivity contribution in [3.63, 3.8) is 0 Å². The third kappa shape index (κ3) is 3.59. The lowest BCUT2D eigenvalue weighted by Gasteiger charge is -2.00. The average Bonchev–Trinajstić information content (AvgIpc) is 2.45. The fraction of sp³-hybridized carbons (Fsp3) is 0.0625. The fourth-order valence-electron chi connectivity index (χ4n) is 1.64. The summed E-state index contributed by atoms with van der Waals surface area (Å²) in [7, 11) is 0. The highest BCUT2D eigenvalue weighted by Crippen LogP contribution is 2.09. The average molecular weight is 236 g/mol. The van der Waals surface area contributed by atoms with Crippen LogP contribution >= 0.6 is 0 Å². The molecule has 0 saturated carbocycles. The topological polar surface area (TPSA) is 29.1 Å². The second kappa shape index (κ2) is 6.40. The van der Waals surface area contributed by atoms with Gasteiger partial charge in [-0.3, -0.25) is 4.79 Å². The zero-order chi connectivity index (χ0) is 12.6. The zero-order valence-corrected chi connectivity index (χ0v) is 9.97. The smallest absolute Gasteiger partial charge is 0.309 e. The van der Waals surface area contributed by atoms with Gasteiger partial charge in [-0.25, -0.2) is 0 Å². The van der Waals surface area contributed by atoms with E-state index in [0.29, 0.717) is 6.54 Å². The van der Waals surface area contributed by atoms with Gasteiger partial charge < -0.3 is 5.32 Å². The Hall–Kier alpha value is -2.35. The van der Waals surface area contributed by atoms with Crippen molar-refractivity contribution in [2.75, 3.05) is 0 Å². The Kier molecular flexibility index (Phi) is 4.31.